The minimum atomic E-state index is -0.467. The molecule has 128 valence electrons. The van der Waals surface area contributed by atoms with Gasteiger partial charge in [-0.1, -0.05) is 0 Å². The average molecular weight is 331 g/mol. The molecule has 0 saturated carbocycles. The van der Waals surface area contributed by atoms with Crippen molar-refractivity contribution in [2.75, 3.05) is 0 Å². The van der Waals surface area contributed by atoms with Crippen molar-refractivity contribution < 1.29 is 0 Å². The molecule has 0 aliphatic heterocycles. The number of aromatic amines is 1. The highest BCUT2D eigenvalue weighted by molar-refractivity contribution is 5.70. The maximum absolute atomic E-state index is 12.0. The lowest BCUT2D eigenvalue weighted by molar-refractivity contribution is 0.361. The largest absolute Gasteiger partial charge is 0.329 e. The van der Waals surface area contributed by atoms with Crippen LogP contribution in [0.15, 0.2) is 28.0 Å². The van der Waals surface area contributed by atoms with E-state index >= 15 is 0 Å². The highest BCUT2D eigenvalue weighted by atomic mass is 16.2. The number of hydrogen-bond donors (Lipinski definition) is 2. The van der Waals surface area contributed by atoms with Crippen LogP contribution in [0.2, 0.25) is 0 Å². The molecule has 0 unspecified atom stereocenters. The molecule has 24 heavy (non-hydrogen) atoms. The topological polar surface area (TPSA) is 103 Å². The first-order chi connectivity index (χ1) is 11.4. The van der Waals surface area contributed by atoms with E-state index in [1.165, 1.54) is 4.57 Å². The summed E-state index contributed by atoms with van der Waals surface area (Å²) in [4.78, 5) is 30.5. The maximum atomic E-state index is 12.0. The molecule has 0 aromatic carbocycles. The van der Waals surface area contributed by atoms with Gasteiger partial charge in [-0.3, -0.25) is 19.0 Å². The molecule has 9 heteroatoms. The number of fused-ring (bicyclic) bond motifs is 1. The number of imidazole rings is 1. The Kier molecular flexibility index (Phi) is 4.10. The van der Waals surface area contributed by atoms with Gasteiger partial charge in [0.25, 0.3) is 5.56 Å². The molecule has 0 bridgehead atoms. The summed E-state index contributed by atoms with van der Waals surface area (Å²) in [5.74, 6) is 0.691. The third-order valence-electron chi connectivity index (χ3n) is 4.48. The molecule has 9 nitrogen and oxygen atoms in total. The molecule has 3 rings (SSSR count). The number of H-pyrrole nitrogens is 1. The lowest BCUT2D eigenvalue weighted by atomic mass is 10.2. The fraction of sp³-hybridized carbons (Fsp3) is 0.467. The fourth-order valence-corrected chi connectivity index (χ4v) is 2.68. The maximum Gasteiger partial charge on any atom is 0.329 e. The molecular weight excluding hydrogens is 310 g/mol. The Hall–Kier alpha value is -2.68. The first-order valence-electron chi connectivity index (χ1n) is 7.77. The quantitative estimate of drug-likeness (QED) is 0.679. The van der Waals surface area contributed by atoms with E-state index in [9.17, 15) is 9.59 Å². The van der Waals surface area contributed by atoms with Crippen molar-refractivity contribution in [1.82, 2.24) is 34.2 Å². The van der Waals surface area contributed by atoms with E-state index in [1.54, 1.807) is 24.9 Å². The molecular formula is C15H21N7O2. The van der Waals surface area contributed by atoms with Crippen LogP contribution >= 0.6 is 0 Å². The van der Waals surface area contributed by atoms with Gasteiger partial charge in [0.05, 0.1) is 12.6 Å². The molecule has 0 fully saturated rings. The highest BCUT2D eigenvalue weighted by Gasteiger charge is 2.17. The molecule has 0 spiro atoms. The van der Waals surface area contributed by atoms with E-state index in [4.69, 9.17) is 0 Å². The molecule has 3 aromatic rings. The van der Waals surface area contributed by atoms with Crippen molar-refractivity contribution in [2.45, 2.75) is 32.5 Å². The standard InChI is InChI=1S/C15H21N7O2/c1-9(10(2)22-7-5-6-17-22)16-8-11-18-13-12(20(11)3)14(23)19-15(24)21(13)4/h5-7,9-10,16H,8H2,1-4H3,(H,19,23,24)/t9-,10+/m0/s1. The Labute approximate surface area is 137 Å². The molecule has 3 heterocycles. The highest BCUT2D eigenvalue weighted by Crippen LogP contribution is 2.12. The first kappa shape index (κ1) is 16.2. The van der Waals surface area contributed by atoms with E-state index < -0.39 is 11.2 Å². The number of aromatic nitrogens is 6. The van der Waals surface area contributed by atoms with E-state index in [0.29, 0.717) is 23.5 Å². The smallest absolute Gasteiger partial charge is 0.324 e. The predicted molar refractivity (Wildman–Crippen MR) is 89.8 cm³/mol. The summed E-state index contributed by atoms with van der Waals surface area (Å²) in [6.07, 6.45) is 3.68. The second-order valence-corrected chi connectivity index (χ2v) is 5.97. The number of rotatable bonds is 5. The normalized spacial score (nSPS) is 14.2. The van der Waals surface area contributed by atoms with Gasteiger partial charge in [0.15, 0.2) is 11.2 Å². The molecule has 0 aliphatic rings. The summed E-state index contributed by atoms with van der Waals surface area (Å²) in [5.41, 5.74) is -0.115. The summed E-state index contributed by atoms with van der Waals surface area (Å²) >= 11 is 0. The van der Waals surface area contributed by atoms with Crippen molar-refractivity contribution in [3.05, 3.63) is 45.1 Å². The SMILES string of the molecule is C[C@H](NCc1nc2c(c(=O)[nH]c(=O)n2C)n1C)[C@@H](C)n1cccn1. The fourth-order valence-electron chi connectivity index (χ4n) is 2.68. The summed E-state index contributed by atoms with van der Waals surface area (Å²) in [5, 5.41) is 7.65. The molecule has 3 aromatic heterocycles. The molecule has 0 aliphatic carbocycles. The van der Waals surface area contributed by atoms with Crippen LogP contribution in [0.1, 0.15) is 25.7 Å². The lowest BCUT2D eigenvalue weighted by Gasteiger charge is -2.21. The van der Waals surface area contributed by atoms with Gasteiger partial charge in [0.2, 0.25) is 0 Å². The van der Waals surface area contributed by atoms with Gasteiger partial charge in [-0.05, 0) is 19.9 Å². The van der Waals surface area contributed by atoms with Gasteiger partial charge in [0.1, 0.15) is 5.82 Å². The first-order valence-corrected chi connectivity index (χ1v) is 7.77. The Morgan fingerprint density at radius 1 is 1.25 bits per heavy atom. The molecule has 0 saturated heterocycles. The number of nitrogens with zero attached hydrogens (tertiary/aromatic N) is 5. The molecule has 0 radical (unpaired) electrons. The summed E-state index contributed by atoms with van der Waals surface area (Å²) < 4.78 is 4.95. The van der Waals surface area contributed by atoms with E-state index in [1.807, 2.05) is 16.9 Å². The second kappa shape index (κ2) is 6.08. The number of aryl methyl sites for hydroxylation is 2. The zero-order valence-electron chi connectivity index (χ0n) is 14.1. The van der Waals surface area contributed by atoms with Crippen LogP contribution in [0.3, 0.4) is 0 Å². The average Bonchev–Trinajstić information content (AvgIpc) is 3.18. The van der Waals surface area contributed by atoms with E-state index in [0.717, 1.165) is 0 Å². The number of hydrogen-bond acceptors (Lipinski definition) is 5. The molecule has 2 N–H and O–H groups in total. The third kappa shape index (κ3) is 2.67. The van der Waals surface area contributed by atoms with E-state index in [2.05, 4.69) is 34.2 Å². The van der Waals surface area contributed by atoms with Crippen molar-refractivity contribution in [3.63, 3.8) is 0 Å². The second-order valence-electron chi connectivity index (χ2n) is 5.97. The lowest BCUT2D eigenvalue weighted by Crippen LogP contribution is -2.34. The zero-order valence-corrected chi connectivity index (χ0v) is 14.1. The number of nitrogens with one attached hydrogen (secondary N) is 2. The predicted octanol–water partition coefficient (Wildman–Crippen LogP) is -0.104. The summed E-state index contributed by atoms with van der Waals surface area (Å²) in [6, 6.07) is 2.20. The molecule has 0 amide bonds. The van der Waals surface area contributed by atoms with Gasteiger partial charge in [-0.2, -0.15) is 5.10 Å². The van der Waals surface area contributed by atoms with Gasteiger partial charge in [-0.15, -0.1) is 0 Å². The summed E-state index contributed by atoms with van der Waals surface area (Å²) in [7, 11) is 3.36. The van der Waals surface area contributed by atoms with Crippen LogP contribution in [-0.2, 0) is 20.6 Å². The molecule has 2 atom stereocenters. The Balaban J connectivity index is 1.85. The van der Waals surface area contributed by atoms with Crippen molar-refractivity contribution >= 4 is 11.2 Å². The van der Waals surface area contributed by atoms with Crippen molar-refractivity contribution in [2.24, 2.45) is 14.1 Å². The Bertz CT molecular complexity index is 964. The van der Waals surface area contributed by atoms with Crippen LogP contribution < -0.4 is 16.6 Å². The van der Waals surface area contributed by atoms with Crippen LogP contribution in [0.25, 0.3) is 11.2 Å². The van der Waals surface area contributed by atoms with Gasteiger partial charge >= 0.3 is 5.69 Å². The van der Waals surface area contributed by atoms with Gasteiger partial charge in [0, 0.05) is 32.5 Å². The Morgan fingerprint density at radius 2 is 2.00 bits per heavy atom. The minimum Gasteiger partial charge on any atom is -0.324 e. The Morgan fingerprint density at radius 3 is 2.67 bits per heavy atom. The van der Waals surface area contributed by atoms with Crippen LogP contribution in [-0.4, -0.2) is 34.9 Å². The van der Waals surface area contributed by atoms with Gasteiger partial charge in [-0.25, -0.2) is 9.78 Å². The third-order valence-corrected chi connectivity index (χ3v) is 4.48. The minimum absolute atomic E-state index is 0.145. The van der Waals surface area contributed by atoms with Crippen molar-refractivity contribution in [3.8, 4) is 0 Å². The monoisotopic (exact) mass is 331 g/mol. The van der Waals surface area contributed by atoms with Crippen molar-refractivity contribution in [1.29, 1.82) is 0 Å². The van der Waals surface area contributed by atoms with Crippen LogP contribution in [0.4, 0.5) is 0 Å². The zero-order chi connectivity index (χ0) is 17.4. The van der Waals surface area contributed by atoms with Crippen LogP contribution in [0, 0.1) is 0 Å². The van der Waals surface area contributed by atoms with Crippen LogP contribution in [0.5, 0.6) is 0 Å². The summed E-state index contributed by atoms with van der Waals surface area (Å²) in [6.45, 7) is 4.62. The van der Waals surface area contributed by atoms with Gasteiger partial charge < -0.3 is 9.88 Å². The van der Waals surface area contributed by atoms with E-state index in [-0.39, 0.29) is 12.1 Å².